The fourth-order valence-corrected chi connectivity index (χ4v) is 4.22. The molecule has 1 saturated heterocycles. The van der Waals surface area contributed by atoms with E-state index in [9.17, 15) is 13.2 Å². The first-order valence-corrected chi connectivity index (χ1v) is 8.13. The van der Waals surface area contributed by atoms with Gasteiger partial charge in [0.1, 0.15) is 16.7 Å². The smallest absolute Gasteiger partial charge is 0.306 e. The van der Waals surface area contributed by atoms with Gasteiger partial charge in [0.2, 0.25) is 10.0 Å². The maximum Gasteiger partial charge on any atom is 0.306 e. The fourth-order valence-electron chi connectivity index (χ4n) is 2.64. The average molecular weight is 309 g/mol. The summed E-state index contributed by atoms with van der Waals surface area (Å²) in [6, 6.07) is 6.95. The molecule has 1 aliphatic rings. The van der Waals surface area contributed by atoms with E-state index in [2.05, 4.69) is 0 Å². The summed E-state index contributed by atoms with van der Waals surface area (Å²) in [4.78, 5) is 11.1. The van der Waals surface area contributed by atoms with Gasteiger partial charge in [-0.15, -0.1) is 0 Å². The van der Waals surface area contributed by atoms with Gasteiger partial charge in [0, 0.05) is 18.5 Å². The molecule has 1 aliphatic heterocycles. The second kappa shape index (κ2) is 5.16. The van der Waals surface area contributed by atoms with Gasteiger partial charge in [-0.25, -0.2) is 8.42 Å². The number of furan rings is 1. The number of rotatable bonds is 3. The van der Waals surface area contributed by atoms with Crippen LogP contribution >= 0.6 is 0 Å². The van der Waals surface area contributed by atoms with Gasteiger partial charge in [-0.2, -0.15) is 4.31 Å². The van der Waals surface area contributed by atoms with Gasteiger partial charge in [-0.05, 0) is 25.0 Å². The van der Waals surface area contributed by atoms with Crippen LogP contribution in [0.15, 0.2) is 39.8 Å². The van der Waals surface area contributed by atoms with E-state index < -0.39 is 21.9 Å². The number of hydrogen-bond acceptors (Lipinski definition) is 4. The minimum absolute atomic E-state index is 0.145. The van der Waals surface area contributed by atoms with Crippen LogP contribution < -0.4 is 0 Å². The molecule has 6 nitrogen and oxygen atoms in total. The number of carbonyl (C=O) groups is 1. The van der Waals surface area contributed by atoms with Gasteiger partial charge in [-0.1, -0.05) is 12.1 Å². The molecule has 0 atom stereocenters. The molecule has 1 N–H and O–H groups in total. The van der Waals surface area contributed by atoms with E-state index in [-0.39, 0.29) is 18.0 Å². The van der Waals surface area contributed by atoms with E-state index in [1.165, 1.54) is 10.6 Å². The van der Waals surface area contributed by atoms with Crippen LogP contribution in [0.25, 0.3) is 11.0 Å². The number of carboxylic acid groups (broad SMARTS) is 1. The average Bonchev–Trinajstić information content (AvgIpc) is 2.92. The second-order valence-electron chi connectivity index (χ2n) is 5.11. The van der Waals surface area contributed by atoms with Crippen LogP contribution in [0.4, 0.5) is 0 Å². The maximum atomic E-state index is 12.7. The van der Waals surface area contributed by atoms with E-state index in [1.807, 2.05) is 0 Å². The van der Waals surface area contributed by atoms with Crippen LogP contribution in [0.1, 0.15) is 12.8 Å². The van der Waals surface area contributed by atoms with Gasteiger partial charge in [0.15, 0.2) is 0 Å². The quantitative estimate of drug-likeness (QED) is 0.935. The number of aliphatic carboxylic acids is 1. The molecule has 112 valence electrons. The lowest BCUT2D eigenvalue weighted by Gasteiger charge is -2.28. The summed E-state index contributed by atoms with van der Waals surface area (Å²) in [5.41, 5.74) is 0.525. The molecular formula is C14H15NO5S. The highest BCUT2D eigenvalue weighted by Gasteiger charge is 2.33. The SMILES string of the molecule is O=C(O)C1CCN(S(=O)(=O)c2coc3ccccc23)CC1. The minimum atomic E-state index is -3.65. The molecule has 1 aromatic heterocycles. The summed E-state index contributed by atoms with van der Waals surface area (Å²) in [5, 5.41) is 9.52. The first-order chi connectivity index (χ1) is 10.00. The highest BCUT2D eigenvalue weighted by Crippen LogP contribution is 2.30. The molecule has 0 bridgehead atoms. The van der Waals surface area contributed by atoms with Gasteiger partial charge in [-0.3, -0.25) is 4.79 Å². The Hall–Kier alpha value is -1.86. The maximum absolute atomic E-state index is 12.7. The van der Waals surface area contributed by atoms with Crippen LogP contribution in [0, 0.1) is 5.92 Å². The number of benzene rings is 1. The summed E-state index contributed by atoms with van der Waals surface area (Å²) in [7, 11) is -3.65. The molecule has 7 heteroatoms. The van der Waals surface area contributed by atoms with E-state index in [0.29, 0.717) is 23.8 Å². The van der Waals surface area contributed by atoms with Crippen LogP contribution in [0.2, 0.25) is 0 Å². The van der Waals surface area contributed by atoms with Crippen LogP contribution in [0.3, 0.4) is 0 Å². The molecule has 0 aliphatic carbocycles. The number of piperidine rings is 1. The lowest BCUT2D eigenvalue weighted by molar-refractivity contribution is -0.142. The highest BCUT2D eigenvalue weighted by atomic mass is 32.2. The molecule has 0 spiro atoms. The predicted octanol–water partition coefficient (Wildman–Crippen LogP) is 1.92. The summed E-state index contributed by atoms with van der Waals surface area (Å²) in [6.07, 6.45) is 1.93. The van der Waals surface area contributed by atoms with Crippen molar-refractivity contribution in [2.24, 2.45) is 5.92 Å². The van der Waals surface area contributed by atoms with Gasteiger partial charge >= 0.3 is 5.97 Å². The van der Waals surface area contributed by atoms with Crippen molar-refractivity contribution in [1.29, 1.82) is 0 Å². The Morgan fingerprint density at radius 3 is 2.57 bits per heavy atom. The topological polar surface area (TPSA) is 87.8 Å². The summed E-state index contributed by atoms with van der Waals surface area (Å²) < 4.78 is 31.9. The zero-order chi connectivity index (χ0) is 15.0. The normalized spacial score (nSPS) is 18.1. The number of para-hydroxylation sites is 1. The van der Waals surface area contributed by atoms with E-state index in [1.54, 1.807) is 24.3 Å². The van der Waals surface area contributed by atoms with E-state index >= 15 is 0 Å². The molecule has 0 unspecified atom stereocenters. The van der Waals surface area contributed by atoms with E-state index in [4.69, 9.17) is 9.52 Å². The van der Waals surface area contributed by atoms with E-state index in [0.717, 1.165) is 0 Å². The summed E-state index contributed by atoms with van der Waals surface area (Å²) >= 11 is 0. The zero-order valence-corrected chi connectivity index (χ0v) is 12.0. The van der Waals surface area contributed by atoms with Crippen LogP contribution in [0.5, 0.6) is 0 Å². The Kier molecular flexibility index (Phi) is 3.46. The molecule has 0 radical (unpaired) electrons. The van der Waals surface area contributed by atoms with Crippen molar-refractivity contribution >= 4 is 27.0 Å². The summed E-state index contributed by atoms with van der Waals surface area (Å²) in [5.74, 6) is -1.32. The molecular weight excluding hydrogens is 294 g/mol. The van der Waals surface area contributed by atoms with Gasteiger partial charge in [0.05, 0.1) is 5.92 Å². The molecule has 1 fully saturated rings. The Morgan fingerprint density at radius 2 is 1.90 bits per heavy atom. The monoisotopic (exact) mass is 309 g/mol. The van der Waals surface area contributed by atoms with Crippen molar-refractivity contribution in [3.63, 3.8) is 0 Å². The minimum Gasteiger partial charge on any atom is -0.481 e. The number of sulfonamides is 1. The lowest BCUT2D eigenvalue weighted by Crippen LogP contribution is -2.40. The Bertz CT molecular complexity index is 772. The third-order valence-corrected chi connectivity index (χ3v) is 5.78. The third-order valence-electron chi connectivity index (χ3n) is 3.87. The highest BCUT2D eigenvalue weighted by molar-refractivity contribution is 7.89. The predicted molar refractivity (Wildman–Crippen MR) is 75.3 cm³/mol. The standard InChI is InChI=1S/C14H15NO5S/c16-14(17)10-5-7-15(8-6-10)21(18,19)13-9-20-12-4-2-1-3-11(12)13/h1-4,9-10H,5-8H2,(H,16,17). The molecule has 0 saturated carbocycles. The summed E-state index contributed by atoms with van der Waals surface area (Å²) in [6.45, 7) is 0.442. The molecule has 1 aromatic carbocycles. The Labute approximate surface area is 122 Å². The number of nitrogens with zero attached hydrogens (tertiary/aromatic N) is 1. The third kappa shape index (κ3) is 2.43. The van der Waals surface area contributed by atoms with Crippen molar-refractivity contribution in [3.8, 4) is 0 Å². The first kappa shape index (κ1) is 14.1. The van der Waals surface area contributed by atoms with Crippen molar-refractivity contribution in [1.82, 2.24) is 4.31 Å². The number of carboxylic acids is 1. The number of hydrogen-bond donors (Lipinski definition) is 1. The van der Waals surface area contributed by atoms with Gasteiger partial charge < -0.3 is 9.52 Å². The second-order valence-corrected chi connectivity index (χ2v) is 7.02. The molecule has 3 rings (SSSR count). The molecule has 21 heavy (non-hydrogen) atoms. The molecule has 2 heterocycles. The first-order valence-electron chi connectivity index (χ1n) is 6.69. The lowest BCUT2D eigenvalue weighted by atomic mass is 9.99. The van der Waals surface area contributed by atoms with Gasteiger partial charge in [0.25, 0.3) is 0 Å². The van der Waals surface area contributed by atoms with Crippen molar-refractivity contribution in [3.05, 3.63) is 30.5 Å². The fraction of sp³-hybridized carbons (Fsp3) is 0.357. The Balaban J connectivity index is 1.90. The molecule has 0 amide bonds. The Morgan fingerprint density at radius 1 is 1.24 bits per heavy atom. The largest absolute Gasteiger partial charge is 0.481 e. The number of fused-ring (bicyclic) bond motifs is 1. The van der Waals surface area contributed by atoms with Crippen molar-refractivity contribution in [2.45, 2.75) is 17.7 Å². The van der Waals surface area contributed by atoms with Crippen LogP contribution in [-0.4, -0.2) is 36.9 Å². The zero-order valence-electron chi connectivity index (χ0n) is 11.2. The van der Waals surface area contributed by atoms with Crippen LogP contribution in [-0.2, 0) is 14.8 Å². The molecule has 2 aromatic rings. The van der Waals surface area contributed by atoms with Crippen molar-refractivity contribution in [2.75, 3.05) is 13.1 Å². The van der Waals surface area contributed by atoms with Crippen molar-refractivity contribution < 1.29 is 22.7 Å².